The van der Waals surface area contributed by atoms with Gasteiger partial charge in [-0.05, 0) is 18.4 Å². The summed E-state index contributed by atoms with van der Waals surface area (Å²) in [5.41, 5.74) is 1.88. The van der Waals surface area contributed by atoms with Crippen LogP contribution in [0.1, 0.15) is 36.3 Å². The van der Waals surface area contributed by atoms with E-state index in [9.17, 15) is 4.79 Å². The summed E-state index contributed by atoms with van der Waals surface area (Å²) >= 11 is 0. The standard InChI is InChI=1S/C18H23N3O3/c1-21-12-19-11-15(21)16-10-14(8-9-24-16)20-18(22)17(23-2)13-6-4-3-5-7-13/h3-7,11-12,14,16-17H,8-10H2,1-2H3,(H,20,22)/t14?,16?,17-/m1/s1. The average molecular weight is 329 g/mol. The van der Waals surface area contributed by atoms with Gasteiger partial charge in [0.05, 0.1) is 18.2 Å². The minimum Gasteiger partial charge on any atom is -0.372 e. The molecule has 0 radical (unpaired) electrons. The highest BCUT2D eigenvalue weighted by Gasteiger charge is 2.29. The van der Waals surface area contributed by atoms with Crippen LogP contribution < -0.4 is 5.32 Å². The Morgan fingerprint density at radius 1 is 1.42 bits per heavy atom. The van der Waals surface area contributed by atoms with Crippen LogP contribution in [0.5, 0.6) is 0 Å². The number of nitrogens with zero attached hydrogens (tertiary/aromatic N) is 2. The zero-order valence-corrected chi connectivity index (χ0v) is 14.0. The van der Waals surface area contributed by atoms with Crippen molar-refractivity contribution in [2.24, 2.45) is 7.05 Å². The van der Waals surface area contributed by atoms with E-state index in [1.54, 1.807) is 13.4 Å². The third-order valence-electron chi connectivity index (χ3n) is 4.39. The van der Waals surface area contributed by atoms with Gasteiger partial charge in [0.2, 0.25) is 0 Å². The molecule has 1 N–H and O–H groups in total. The number of hydrogen-bond donors (Lipinski definition) is 1. The van der Waals surface area contributed by atoms with Gasteiger partial charge in [-0.2, -0.15) is 0 Å². The van der Waals surface area contributed by atoms with Crippen molar-refractivity contribution >= 4 is 5.91 Å². The lowest BCUT2D eigenvalue weighted by Crippen LogP contribution is -2.42. The number of carbonyl (C=O) groups excluding carboxylic acids is 1. The molecule has 128 valence electrons. The molecule has 1 saturated heterocycles. The van der Waals surface area contributed by atoms with E-state index in [0.29, 0.717) is 6.61 Å². The molecule has 1 aromatic heterocycles. The van der Waals surface area contributed by atoms with Gasteiger partial charge in [-0.3, -0.25) is 4.79 Å². The molecule has 24 heavy (non-hydrogen) atoms. The number of carbonyl (C=O) groups is 1. The van der Waals surface area contributed by atoms with Crippen LogP contribution >= 0.6 is 0 Å². The Balaban J connectivity index is 1.64. The molecule has 1 aliphatic heterocycles. The third kappa shape index (κ3) is 3.66. The summed E-state index contributed by atoms with van der Waals surface area (Å²) in [4.78, 5) is 16.7. The Morgan fingerprint density at radius 3 is 2.88 bits per heavy atom. The predicted molar refractivity (Wildman–Crippen MR) is 89.3 cm³/mol. The van der Waals surface area contributed by atoms with Crippen LogP contribution in [-0.2, 0) is 21.3 Å². The van der Waals surface area contributed by atoms with Gasteiger partial charge >= 0.3 is 0 Å². The van der Waals surface area contributed by atoms with E-state index < -0.39 is 6.10 Å². The molecule has 2 heterocycles. The molecule has 0 bridgehead atoms. The minimum atomic E-state index is -0.593. The zero-order valence-electron chi connectivity index (χ0n) is 14.0. The molecule has 1 aliphatic rings. The first-order valence-electron chi connectivity index (χ1n) is 8.15. The lowest BCUT2D eigenvalue weighted by molar-refractivity contribution is -0.133. The molecule has 2 aromatic rings. The second kappa shape index (κ2) is 7.59. The Bertz CT molecular complexity index is 671. The van der Waals surface area contributed by atoms with Crippen LogP contribution in [0.2, 0.25) is 0 Å². The van der Waals surface area contributed by atoms with E-state index in [2.05, 4.69) is 10.3 Å². The Morgan fingerprint density at radius 2 is 2.21 bits per heavy atom. The van der Waals surface area contributed by atoms with Crippen LogP contribution in [0.3, 0.4) is 0 Å². The van der Waals surface area contributed by atoms with Crippen molar-refractivity contribution in [2.45, 2.75) is 31.1 Å². The van der Waals surface area contributed by atoms with E-state index in [-0.39, 0.29) is 18.1 Å². The minimum absolute atomic E-state index is 0.0470. The van der Waals surface area contributed by atoms with Gasteiger partial charge in [0.25, 0.3) is 5.91 Å². The van der Waals surface area contributed by atoms with E-state index in [4.69, 9.17) is 9.47 Å². The maximum atomic E-state index is 12.6. The smallest absolute Gasteiger partial charge is 0.253 e. The van der Waals surface area contributed by atoms with Crippen LogP contribution in [0.4, 0.5) is 0 Å². The van der Waals surface area contributed by atoms with Crippen LogP contribution in [-0.4, -0.2) is 35.2 Å². The molecule has 1 aromatic carbocycles. The fourth-order valence-electron chi connectivity index (χ4n) is 3.11. The molecule has 3 rings (SSSR count). The molecule has 0 spiro atoms. The molecule has 1 amide bonds. The topological polar surface area (TPSA) is 65.4 Å². The lowest BCUT2D eigenvalue weighted by atomic mass is 10.00. The van der Waals surface area contributed by atoms with Crippen LogP contribution in [0.25, 0.3) is 0 Å². The van der Waals surface area contributed by atoms with Crippen LogP contribution in [0, 0.1) is 0 Å². The van der Waals surface area contributed by atoms with Crippen LogP contribution in [0.15, 0.2) is 42.9 Å². The van der Waals surface area contributed by atoms with Gasteiger partial charge in [-0.25, -0.2) is 4.98 Å². The maximum Gasteiger partial charge on any atom is 0.253 e. The molecule has 0 aliphatic carbocycles. The average Bonchev–Trinajstić information content (AvgIpc) is 3.03. The summed E-state index contributed by atoms with van der Waals surface area (Å²) in [6.45, 7) is 0.615. The highest BCUT2D eigenvalue weighted by molar-refractivity contribution is 5.82. The first-order valence-corrected chi connectivity index (χ1v) is 8.15. The second-order valence-electron chi connectivity index (χ2n) is 6.05. The second-order valence-corrected chi connectivity index (χ2v) is 6.05. The number of rotatable bonds is 5. The van der Waals surface area contributed by atoms with Crippen molar-refractivity contribution in [3.63, 3.8) is 0 Å². The number of imidazole rings is 1. The fraction of sp³-hybridized carbons (Fsp3) is 0.444. The van der Waals surface area contributed by atoms with Gasteiger partial charge in [-0.1, -0.05) is 30.3 Å². The summed E-state index contributed by atoms with van der Waals surface area (Å²) < 4.78 is 13.2. The first kappa shape index (κ1) is 16.7. The van der Waals surface area contributed by atoms with Crippen molar-refractivity contribution in [1.82, 2.24) is 14.9 Å². The molecule has 2 unspecified atom stereocenters. The number of aryl methyl sites for hydroxylation is 1. The number of aromatic nitrogens is 2. The summed E-state index contributed by atoms with van der Waals surface area (Å²) in [7, 11) is 3.50. The highest BCUT2D eigenvalue weighted by atomic mass is 16.5. The van der Waals surface area contributed by atoms with Crippen molar-refractivity contribution in [3.8, 4) is 0 Å². The predicted octanol–water partition coefficient (Wildman–Crippen LogP) is 2.14. The van der Waals surface area contributed by atoms with Crippen molar-refractivity contribution in [1.29, 1.82) is 0 Å². The van der Waals surface area contributed by atoms with Gasteiger partial charge < -0.3 is 19.4 Å². The molecular weight excluding hydrogens is 306 g/mol. The molecule has 1 fully saturated rings. The largest absolute Gasteiger partial charge is 0.372 e. The SMILES string of the molecule is CO[C@@H](C(=O)NC1CCOC(c2cncn2C)C1)c1ccccc1. The van der Waals surface area contributed by atoms with E-state index in [1.165, 1.54) is 0 Å². The maximum absolute atomic E-state index is 12.6. The molecule has 6 heteroatoms. The number of benzene rings is 1. The Kier molecular flexibility index (Phi) is 5.27. The molecule has 0 saturated carbocycles. The normalized spacial score (nSPS) is 22.1. The first-order chi connectivity index (χ1) is 11.7. The number of nitrogens with one attached hydrogen (secondary N) is 1. The fourth-order valence-corrected chi connectivity index (χ4v) is 3.11. The van der Waals surface area contributed by atoms with Crippen molar-refractivity contribution in [3.05, 3.63) is 54.1 Å². The zero-order chi connectivity index (χ0) is 16.9. The summed E-state index contributed by atoms with van der Waals surface area (Å²) in [6, 6.07) is 9.59. The third-order valence-corrected chi connectivity index (χ3v) is 4.39. The monoisotopic (exact) mass is 329 g/mol. The summed E-state index contributed by atoms with van der Waals surface area (Å²) in [6.07, 6.45) is 4.47. The van der Waals surface area contributed by atoms with Gasteiger partial charge in [0.1, 0.15) is 6.10 Å². The van der Waals surface area contributed by atoms with Crippen molar-refractivity contribution < 1.29 is 14.3 Å². The van der Waals surface area contributed by atoms with Gasteiger partial charge in [-0.15, -0.1) is 0 Å². The van der Waals surface area contributed by atoms with Gasteiger partial charge in [0.15, 0.2) is 6.10 Å². The number of ether oxygens (including phenoxy) is 2. The molecule has 6 nitrogen and oxygen atoms in total. The summed E-state index contributed by atoms with van der Waals surface area (Å²) in [5.74, 6) is -0.112. The number of amides is 1. The lowest BCUT2D eigenvalue weighted by Gasteiger charge is -2.31. The van der Waals surface area contributed by atoms with E-state index in [1.807, 2.05) is 48.1 Å². The van der Waals surface area contributed by atoms with E-state index >= 15 is 0 Å². The number of hydrogen-bond acceptors (Lipinski definition) is 4. The Hall–Kier alpha value is -2.18. The quantitative estimate of drug-likeness (QED) is 0.913. The molecule has 3 atom stereocenters. The van der Waals surface area contributed by atoms with Gasteiger partial charge in [0, 0.05) is 26.8 Å². The highest BCUT2D eigenvalue weighted by Crippen LogP contribution is 2.28. The van der Waals surface area contributed by atoms with E-state index in [0.717, 1.165) is 24.1 Å². The van der Waals surface area contributed by atoms with Crippen molar-refractivity contribution in [2.75, 3.05) is 13.7 Å². The Labute approximate surface area is 141 Å². The molecular formula is C18H23N3O3. The number of methoxy groups -OCH3 is 1. The summed E-state index contributed by atoms with van der Waals surface area (Å²) in [5, 5.41) is 3.11.